The van der Waals surface area contributed by atoms with Gasteiger partial charge in [0.1, 0.15) is 18.0 Å². The van der Waals surface area contributed by atoms with E-state index in [0.717, 1.165) is 53.4 Å². The molecule has 3 heterocycles. The highest BCUT2D eigenvalue weighted by molar-refractivity contribution is 7.26. The second kappa shape index (κ2) is 8.10. The fourth-order valence-corrected chi connectivity index (χ4v) is 6.09. The molecular weight excluding hydrogens is 399 g/mol. The normalized spacial score (nSPS) is 25.0. The maximum atomic E-state index is 14.4. The molecule has 5 nitrogen and oxygen atoms in total. The van der Waals surface area contributed by atoms with Gasteiger partial charge in [-0.25, -0.2) is 14.4 Å². The molecule has 0 bridgehead atoms. The number of thiophene rings is 1. The molecule has 2 fully saturated rings. The van der Waals surface area contributed by atoms with Gasteiger partial charge < -0.3 is 10.2 Å². The minimum absolute atomic E-state index is 0.0331. The lowest BCUT2D eigenvalue weighted by molar-refractivity contribution is -0.126. The van der Waals surface area contributed by atoms with E-state index in [2.05, 4.69) is 27.1 Å². The largest absolute Gasteiger partial charge is 0.355 e. The highest BCUT2D eigenvalue weighted by Gasteiger charge is 2.30. The summed E-state index contributed by atoms with van der Waals surface area (Å²) in [4.78, 5) is 24.1. The molecule has 2 aromatic heterocycles. The minimum Gasteiger partial charge on any atom is -0.355 e. The highest BCUT2D eigenvalue weighted by Crippen LogP contribution is 2.39. The molecule has 0 spiro atoms. The minimum atomic E-state index is -0.249. The Morgan fingerprint density at radius 3 is 2.87 bits per heavy atom. The lowest BCUT2D eigenvalue weighted by Gasteiger charge is -2.34. The fourth-order valence-electron chi connectivity index (χ4n) is 4.90. The zero-order chi connectivity index (χ0) is 20.7. The van der Waals surface area contributed by atoms with Crippen LogP contribution in [0.4, 0.5) is 10.2 Å². The molecule has 30 heavy (non-hydrogen) atoms. The lowest BCUT2D eigenvalue weighted by Crippen LogP contribution is -2.47. The van der Waals surface area contributed by atoms with Crippen molar-refractivity contribution < 1.29 is 9.18 Å². The number of piperidine rings is 1. The molecule has 7 heteroatoms. The fraction of sp³-hybridized carbons (Fsp3) is 0.522. The summed E-state index contributed by atoms with van der Waals surface area (Å²) in [6.07, 6.45) is 7.94. The first kappa shape index (κ1) is 19.7. The summed E-state index contributed by atoms with van der Waals surface area (Å²) in [7, 11) is 0. The average molecular weight is 427 g/mol. The van der Waals surface area contributed by atoms with Crippen LogP contribution in [0.15, 0.2) is 24.5 Å². The predicted octanol–water partition coefficient (Wildman–Crippen LogP) is 4.89. The van der Waals surface area contributed by atoms with Gasteiger partial charge in [-0.1, -0.05) is 13.0 Å². The molecule has 1 aromatic carbocycles. The van der Waals surface area contributed by atoms with Crippen LogP contribution in [0.1, 0.15) is 45.4 Å². The number of anilines is 1. The van der Waals surface area contributed by atoms with Crippen LogP contribution in [0.3, 0.4) is 0 Å². The van der Waals surface area contributed by atoms with Crippen molar-refractivity contribution in [3.8, 4) is 0 Å². The molecule has 158 valence electrons. The Bertz CT molecular complexity index is 1080. The molecule has 1 N–H and O–H groups in total. The number of nitrogens with one attached hydrogen (secondary N) is 1. The molecule has 1 aliphatic heterocycles. The van der Waals surface area contributed by atoms with Gasteiger partial charge in [-0.2, -0.15) is 0 Å². The van der Waals surface area contributed by atoms with Gasteiger partial charge in [0.25, 0.3) is 0 Å². The lowest BCUT2D eigenvalue weighted by atomic mass is 9.87. The van der Waals surface area contributed by atoms with E-state index < -0.39 is 0 Å². The van der Waals surface area contributed by atoms with Crippen LogP contribution < -0.4 is 10.2 Å². The summed E-state index contributed by atoms with van der Waals surface area (Å²) < 4.78 is 16.2. The van der Waals surface area contributed by atoms with Crippen LogP contribution in [-0.2, 0) is 4.79 Å². The van der Waals surface area contributed by atoms with E-state index in [1.807, 2.05) is 6.07 Å². The predicted molar refractivity (Wildman–Crippen MR) is 119 cm³/mol. The summed E-state index contributed by atoms with van der Waals surface area (Å²) in [6, 6.07) is 5.45. The van der Waals surface area contributed by atoms with Gasteiger partial charge >= 0.3 is 0 Å². The molecule has 3 aromatic rings. The van der Waals surface area contributed by atoms with Crippen LogP contribution in [0, 0.1) is 17.7 Å². The Morgan fingerprint density at radius 2 is 2.03 bits per heavy atom. The third kappa shape index (κ3) is 3.64. The molecule has 1 amide bonds. The summed E-state index contributed by atoms with van der Waals surface area (Å²) in [6.45, 7) is 3.80. The van der Waals surface area contributed by atoms with Crippen LogP contribution in [0.2, 0.25) is 0 Å². The Hall–Kier alpha value is -2.28. The third-order valence-corrected chi connectivity index (χ3v) is 7.80. The van der Waals surface area contributed by atoms with Crippen molar-refractivity contribution in [2.45, 2.75) is 51.5 Å². The number of aromatic nitrogens is 2. The Kier molecular flexibility index (Phi) is 5.31. The summed E-state index contributed by atoms with van der Waals surface area (Å²) in [5.74, 6) is 1.49. The molecule has 0 unspecified atom stereocenters. The third-order valence-electron chi connectivity index (χ3n) is 6.66. The molecule has 1 saturated carbocycles. The monoisotopic (exact) mass is 426 g/mol. The summed E-state index contributed by atoms with van der Waals surface area (Å²) >= 11 is 1.53. The average Bonchev–Trinajstić information content (AvgIpc) is 3.15. The van der Waals surface area contributed by atoms with E-state index in [9.17, 15) is 9.18 Å². The molecular formula is C23H27FN4OS. The number of hydrogen-bond acceptors (Lipinski definition) is 5. The maximum Gasteiger partial charge on any atom is 0.225 e. The van der Waals surface area contributed by atoms with Crippen LogP contribution >= 0.6 is 11.3 Å². The zero-order valence-electron chi connectivity index (χ0n) is 17.2. The van der Waals surface area contributed by atoms with Crippen LogP contribution in [0.25, 0.3) is 20.3 Å². The second-order valence-corrected chi connectivity index (χ2v) is 9.89. The number of nitrogens with zero attached hydrogens (tertiary/aromatic N) is 3. The van der Waals surface area contributed by atoms with Crippen LogP contribution in [-0.4, -0.2) is 35.0 Å². The number of benzene rings is 1. The molecule has 1 atom stereocenters. The summed E-state index contributed by atoms with van der Waals surface area (Å²) in [5.41, 5.74) is 0.668. The topological polar surface area (TPSA) is 58.1 Å². The van der Waals surface area contributed by atoms with E-state index >= 15 is 0 Å². The van der Waals surface area contributed by atoms with Gasteiger partial charge in [-0.15, -0.1) is 11.3 Å². The molecule has 5 rings (SSSR count). The number of amides is 1. The van der Waals surface area contributed by atoms with Gasteiger partial charge in [0.05, 0.1) is 21.5 Å². The molecule has 2 aliphatic rings. The quantitative estimate of drug-likeness (QED) is 0.648. The second-order valence-electron chi connectivity index (χ2n) is 8.84. The van der Waals surface area contributed by atoms with Crippen molar-refractivity contribution in [2.75, 3.05) is 18.0 Å². The van der Waals surface area contributed by atoms with Crippen molar-refractivity contribution in [1.29, 1.82) is 0 Å². The molecule has 1 aliphatic carbocycles. The highest BCUT2D eigenvalue weighted by atomic mass is 32.1. The number of carbonyl (C=O) groups excluding carboxylic acids is 1. The number of hydrogen-bond donors (Lipinski definition) is 1. The number of carbonyl (C=O) groups is 1. The van der Waals surface area contributed by atoms with Gasteiger partial charge in [0.15, 0.2) is 0 Å². The van der Waals surface area contributed by atoms with E-state index in [1.165, 1.54) is 36.6 Å². The van der Waals surface area contributed by atoms with Crippen molar-refractivity contribution >= 4 is 43.4 Å². The molecule has 1 saturated heterocycles. The number of fused-ring (bicyclic) bond motifs is 3. The van der Waals surface area contributed by atoms with Gasteiger partial charge in [-0.05, 0) is 56.6 Å². The van der Waals surface area contributed by atoms with Crippen molar-refractivity contribution in [1.82, 2.24) is 15.3 Å². The Morgan fingerprint density at radius 1 is 1.20 bits per heavy atom. The van der Waals surface area contributed by atoms with Crippen molar-refractivity contribution in [3.05, 3.63) is 30.3 Å². The smallest absolute Gasteiger partial charge is 0.225 e. The first-order valence-corrected chi connectivity index (χ1v) is 11.8. The van der Waals surface area contributed by atoms with Gasteiger partial charge in [0.2, 0.25) is 5.91 Å². The first-order chi connectivity index (χ1) is 14.6. The van der Waals surface area contributed by atoms with E-state index in [4.69, 9.17) is 0 Å². The van der Waals surface area contributed by atoms with Gasteiger partial charge in [0, 0.05) is 23.8 Å². The Balaban J connectivity index is 1.37. The number of halogens is 1. The van der Waals surface area contributed by atoms with Gasteiger partial charge in [-0.3, -0.25) is 4.79 Å². The van der Waals surface area contributed by atoms with E-state index in [0.29, 0.717) is 23.5 Å². The van der Waals surface area contributed by atoms with Crippen molar-refractivity contribution in [2.24, 2.45) is 11.8 Å². The zero-order valence-corrected chi connectivity index (χ0v) is 18.1. The Labute approximate surface area is 179 Å². The first-order valence-electron chi connectivity index (χ1n) is 11.0. The van der Waals surface area contributed by atoms with Crippen molar-refractivity contribution in [3.63, 3.8) is 0 Å². The standard InChI is InChI=1S/C23H27FN4OS/c1-14-7-9-16(10-8-14)27-23(29)15-4-3-11-28(12-15)22-21-20(25-13-26-22)19-17(24)5-2-6-18(19)30-21/h2,5-6,13-16H,3-4,7-12H2,1H3,(H,27,29)/t14?,15-,16?/m0/s1. The summed E-state index contributed by atoms with van der Waals surface area (Å²) in [5, 5.41) is 3.87. The van der Waals surface area contributed by atoms with E-state index in [1.54, 1.807) is 6.07 Å². The number of rotatable bonds is 3. The van der Waals surface area contributed by atoms with E-state index in [-0.39, 0.29) is 17.6 Å². The van der Waals surface area contributed by atoms with Crippen LogP contribution in [0.5, 0.6) is 0 Å². The SMILES string of the molecule is CC1CCC(NC(=O)[C@H]2CCCN(c3ncnc4c3sc3cccc(F)c34)C2)CC1. The molecule has 0 radical (unpaired) electrons. The maximum absolute atomic E-state index is 14.4.